The second-order valence-corrected chi connectivity index (χ2v) is 4.95. The fourth-order valence-electron chi connectivity index (χ4n) is 2.74. The number of ether oxygens (including phenoxy) is 1. The molecule has 0 aliphatic rings. The Balaban J connectivity index is 2.15. The van der Waals surface area contributed by atoms with Gasteiger partial charge in [0, 0.05) is 13.2 Å². The van der Waals surface area contributed by atoms with E-state index in [2.05, 4.69) is 41.8 Å². The molecule has 0 spiro atoms. The van der Waals surface area contributed by atoms with Crippen molar-refractivity contribution in [1.29, 1.82) is 0 Å². The van der Waals surface area contributed by atoms with Crippen molar-refractivity contribution in [3.05, 3.63) is 66.0 Å². The zero-order valence-corrected chi connectivity index (χ0v) is 12.5. The molecule has 0 amide bonds. The molecule has 0 unspecified atom stereocenters. The van der Waals surface area contributed by atoms with E-state index in [-0.39, 0.29) is 6.10 Å². The number of benzene rings is 2. The average Bonchev–Trinajstić information content (AvgIpc) is 2.91. The molecular weight excluding hydrogens is 260 g/mol. The van der Waals surface area contributed by atoms with Gasteiger partial charge in [-0.1, -0.05) is 42.5 Å². The summed E-state index contributed by atoms with van der Waals surface area (Å²) in [7, 11) is 0. The van der Waals surface area contributed by atoms with E-state index in [4.69, 9.17) is 9.72 Å². The van der Waals surface area contributed by atoms with Crippen molar-refractivity contribution in [2.24, 2.45) is 0 Å². The number of imidazole rings is 1. The molecule has 0 radical (unpaired) electrons. The lowest BCUT2D eigenvalue weighted by Crippen LogP contribution is -2.13. The van der Waals surface area contributed by atoms with E-state index >= 15 is 0 Å². The molecule has 108 valence electrons. The van der Waals surface area contributed by atoms with Crippen molar-refractivity contribution in [3.8, 4) is 0 Å². The molecule has 0 bridgehead atoms. The summed E-state index contributed by atoms with van der Waals surface area (Å²) in [4.78, 5) is 4.82. The molecular formula is C18H20N2O. The first-order chi connectivity index (χ1) is 10.3. The normalized spacial score (nSPS) is 12.7. The van der Waals surface area contributed by atoms with Crippen LogP contribution in [-0.4, -0.2) is 16.2 Å². The SMILES string of the molecule is CCO[C@H](c1ccccc1)c1nc2ccccc2n1CC. The summed E-state index contributed by atoms with van der Waals surface area (Å²) in [6, 6.07) is 18.5. The molecule has 1 atom stereocenters. The van der Waals surface area contributed by atoms with Gasteiger partial charge < -0.3 is 9.30 Å². The summed E-state index contributed by atoms with van der Waals surface area (Å²) in [6.45, 7) is 5.71. The lowest BCUT2D eigenvalue weighted by atomic mass is 10.1. The zero-order valence-electron chi connectivity index (χ0n) is 12.5. The van der Waals surface area contributed by atoms with Gasteiger partial charge in [-0.25, -0.2) is 4.98 Å². The van der Waals surface area contributed by atoms with Gasteiger partial charge in [-0.05, 0) is 31.5 Å². The van der Waals surface area contributed by atoms with Gasteiger partial charge in [0.25, 0.3) is 0 Å². The van der Waals surface area contributed by atoms with E-state index < -0.39 is 0 Å². The highest BCUT2D eigenvalue weighted by Crippen LogP contribution is 2.28. The predicted molar refractivity (Wildman–Crippen MR) is 85.3 cm³/mol. The van der Waals surface area contributed by atoms with E-state index in [0.717, 1.165) is 29.0 Å². The van der Waals surface area contributed by atoms with Crippen LogP contribution in [0, 0.1) is 0 Å². The summed E-state index contributed by atoms with van der Waals surface area (Å²) >= 11 is 0. The van der Waals surface area contributed by atoms with Crippen molar-refractivity contribution in [2.75, 3.05) is 6.61 Å². The molecule has 3 nitrogen and oxygen atoms in total. The number of nitrogens with zero attached hydrogens (tertiary/aromatic N) is 2. The van der Waals surface area contributed by atoms with Crippen LogP contribution in [0.4, 0.5) is 0 Å². The molecule has 0 fully saturated rings. The molecule has 1 aromatic heterocycles. The summed E-state index contributed by atoms with van der Waals surface area (Å²) in [5.41, 5.74) is 3.33. The minimum Gasteiger partial charge on any atom is -0.366 e. The van der Waals surface area contributed by atoms with Gasteiger partial charge in [0.05, 0.1) is 11.0 Å². The fourth-order valence-corrected chi connectivity index (χ4v) is 2.74. The predicted octanol–water partition coefficient (Wildman–Crippen LogP) is 4.18. The Labute approximate surface area is 125 Å². The van der Waals surface area contributed by atoms with Crippen molar-refractivity contribution < 1.29 is 4.74 Å². The summed E-state index contributed by atoms with van der Waals surface area (Å²) < 4.78 is 8.24. The van der Waals surface area contributed by atoms with Crippen LogP contribution in [0.15, 0.2) is 54.6 Å². The number of aryl methyl sites for hydroxylation is 1. The Morgan fingerprint density at radius 2 is 1.71 bits per heavy atom. The van der Waals surface area contributed by atoms with Gasteiger partial charge in [-0.2, -0.15) is 0 Å². The maximum absolute atomic E-state index is 6.00. The van der Waals surface area contributed by atoms with Crippen molar-refractivity contribution >= 4 is 11.0 Å². The van der Waals surface area contributed by atoms with E-state index in [1.807, 2.05) is 31.2 Å². The standard InChI is InChI=1S/C18H20N2O/c1-3-20-16-13-9-8-12-15(16)19-18(20)17(21-4-2)14-10-6-5-7-11-14/h5-13,17H,3-4H2,1-2H3/t17-/m1/s1. The van der Waals surface area contributed by atoms with E-state index in [9.17, 15) is 0 Å². The molecule has 0 saturated carbocycles. The first-order valence-corrected chi connectivity index (χ1v) is 7.46. The van der Waals surface area contributed by atoms with Crippen LogP contribution in [0.1, 0.15) is 31.3 Å². The second kappa shape index (κ2) is 6.10. The van der Waals surface area contributed by atoms with Gasteiger partial charge in [-0.3, -0.25) is 0 Å². The quantitative estimate of drug-likeness (QED) is 0.701. The Kier molecular flexibility index (Phi) is 4.02. The van der Waals surface area contributed by atoms with Crippen LogP contribution < -0.4 is 0 Å². The zero-order chi connectivity index (χ0) is 14.7. The Bertz CT molecular complexity index is 718. The molecule has 3 aromatic rings. The third-order valence-electron chi connectivity index (χ3n) is 3.67. The van der Waals surface area contributed by atoms with E-state index in [1.165, 1.54) is 0 Å². The first kappa shape index (κ1) is 13.8. The number of rotatable bonds is 5. The monoisotopic (exact) mass is 280 g/mol. The first-order valence-electron chi connectivity index (χ1n) is 7.46. The molecule has 0 saturated heterocycles. The fraction of sp³-hybridized carbons (Fsp3) is 0.278. The van der Waals surface area contributed by atoms with Gasteiger partial charge in [0.15, 0.2) is 0 Å². The molecule has 3 rings (SSSR count). The number of fused-ring (bicyclic) bond motifs is 1. The third-order valence-corrected chi connectivity index (χ3v) is 3.67. The molecule has 0 N–H and O–H groups in total. The molecule has 2 aromatic carbocycles. The van der Waals surface area contributed by atoms with E-state index in [0.29, 0.717) is 6.61 Å². The van der Waals surface area contributed by atoms with Gasteiger partial charge >= 0.3 is 0 Å². The van der Waals surface area contributed by atoms with Crippen LogP contribution in [0.3, 0.4) is 0 Å². The number of aromatic nitrogens is 2. The lowest BCUT2D eigenvalue weighted by molar-refractivity contribution is 0.0830. The minimum absolute atomic E-state index is 0.122. The summed E-state index contributed by atoms with van der Waals surface area (Å²) in [5.74, 6) is 0.978. The Morgan fingerprint density at radius 3 is 2.43 bits per heavy atom. The van der Waals surface area contributed by atoms with Gasteiger partial charge in [0.1, 0.15) is 11.9 Å². The van der Waals surface area contributed by atoms with Crippen LogP contribution in [0.5, 0.6) is 0 Å². The van der Waals surface area contributed by atoms with Gasteiger partial charge in [0.2, 0.25) is 0 Å². The van der Waals surface area contributed by atoms with Gasteiger partial charge in [-0.15, -0.1) is 0 Å². The van der Waals surface area contributed by atoms with Crippen molar-refractivity contribution in [3.63, 3.8) is 0 Å². The number of para-hydroxylation sites is 2. The maximum atomic E-state index is 6.00. The molecule has 1 heterocycles. The van der Waals surface area contributed by atoms with Crippen LogP contribution in [0.25, 0.3) is 11.0 Å². The lowest BCUT2D eigenvalue weighted by Gasteiger charge is -2.18. The van der Waals surface area contributed by atoms with Crippen molar-refractivity contribution in [2.45, 2.75) is 26.5 Å². The highest BCUT2D eigenvalue weighted by molar-refractivity contribution is 5.76. The Hall–Kier alpha value is -2.13. The number of hydrogen-bond acceptors (Lipinski definition) is 2. The third kappa shape index (κ3) is 2.57. The topological polar surface area (TPSA) is 27.1 Å². The summed E-state index contributed by atoms with van der Waals surface area (Å²) in [5, 5.41) is 0. The molecule has 3 heteroatoms. The largest absolute Gasteiger partial charge is 0.366 e. The smallest absolute Gasteiger partial charge is 0.143 e. The second-order valence-electron chi connectivity index (χ2n) is 4.95. The minimum atomic E-state index is -0.122. The summed E-state index contributed by atoms with van der Waals surface area (Å²) in [6.07, 6.45) is -0.122. The van der Waals surface area contributed by atoms with Crippen LogP contribution >= 0.6 is 0 Å². The van der Waals surface area contributed by atoms with E-state index in [1.54, 1.807) is 0 Å². The van der Waals surface area contributed by atoms with Crippen molar-refractivity contribution in [1.82, 2.24) is 9.55 Å². The highest BCUT2D eigenvalue weighted by Gasteiger charge is 2.21. The van der Waals surface area contributed by atoms with Crippen LogP contribution in [0.2, 0.25) is 0 Å². The molecule has 21 heavy (non-hydrogen) atoms. The molecule has 0 aliphatic carbocycles. The number of hydrogen-bond donors (Lipinski definition) is 0. The highest BCUT2D eigenvalue weighted by atomic mass is 16.5. The average molecular weight is 280 g/mol. The Morgan fingerprint density at radius 1 is 1.00 bits per heavy atom. The van der Waals surface area contributed by atoms with Crippen LogP contribution in [-0.2, 0) is 11.3 Å². The molecule has 0 aliphatic heterocycles. The maximum Gasteiger partial charge on any atom is 0.143 e.